The van der Waals surface area contributed by atoms with Gasteiger partial charge in [-0.15, -0.1) is 0 Å². The van der Waals surface area contributed by atoms with E-state index in [9.17, 15) is 8.78 Å². The number of nitrogens with zero attached hydrogens (tertiary/aromatic N) is 1. The zero-order chi connectivity index (χ0) is 11.0. The summed E-state index contributed by atoms with van der Waals surface area (Å²) in [4.78, 5) is 2.00. The number of rotatable bonds is 1. The average molecular weight is 212 g/mol. The van der Waals surface area contributed by atoms with Crippen molar-refractivity contribution >= 4 is 11.4 Å². The second-order valence-corrected chi connectivity index (χ2v) is 4.00. The Hall–Kier alpha value is -1.32. The molecule has 0 unspecified atom stereocenters. The third-order valence-corrected chi connectivity index (χ3v) is 2.62. The van der Waals surface area contributed by atoms with Crippen molar-refractivity contribution in [3.05, 3.63) is 23.8 Å². The van der Waals surface area contributed by atoms with Gasteiger partial charge >= 0.3 is 0 Å². The van der Waals surface area contributed by atoms with Crippen molar-refractivity contribution in [2.24, 2.45) is 0 Å². The number of nitrogens with one attached hydrogen (secondary N) is 1. The first-order valence-corrected chi connectivity index (χ1v) is 5.09. The van der Waals surface area contributed by atoms with Crippen molar-refractivity contribution in [3.8, 4) is 0 Å². The summed E-state index contributed by atoms with van der Waals surface area (Å²) in [6, 6.07) is 2.53. The summed E-state index contributed by atoms with van der Waals surface area (Å²) in [7, 11) is 0. The normalized spacial score (nSPS) is 15.1. The summed E-state index contributed by atoms with van der Waals surface area (Å²) < 4.78 is 26.5. The van der Waals surface area contributed by atoms with Gasteiger partial charge in [0, 0.05) is 25.2 Å². The molecule has 1 aromatic carbocycles. The van der Waals surface area contributed by atoms with Crippen molar-refractivity contribution in [1.82, 2.24) is 0 Å². The van der Waals surface area contributed by atoms with Gasteiger partial charge in [0.05, 0.1) is 11.4 Å². The van der Waals surface area contributed by atoms with Crippen LogP contribution in [-0.4, -0.2) is 19.1 Å². The molecule has 0 radical (unpaired) electrons. The van der Waals surface area contributed by atoms with Crippen LogP contribution in [-0.2, 0) is 0 Å². The molecule has 0 aliphatic carbocycles. The molecule has 1 heterocycles. The van der Waals surface area contributed by atoms with Crippen molar-refractivity contribution in [3.63, 3.8) is 0 Å². The van der Waals surface area contributed by atoms with Gasteiger partial charge in [-0.05, 0) is 19.9 Å². The number of halogens is 2. The van der Waals surface area contributed by atoms with Crippen molar-refractivity contribution in [2.45, 2.75) is 19.9 Å². The zero-order valence-electron chi connectivity index (χ0n) is 8.85. The molecular formula is C11H14F2N2. The van der Waals surface area contributed by atoms with E-state index in [0.29, 0.717) is 17.9 Å². The SMILES string of the molecule is CC(C)N1CCNc2c(F)cc(F)cc21. The fraction of sp³-hybridized carbons (Fsp3) is 0.455. The standard InChI is InChI=1S/C11H14F2N2/c1-7(2)15-4-3-14-11-9(13)5-8(12)6-10(11)15/h5-7,14H,3-4H2,1-2H3. The molecule has 82 valence electrons. The summed E-state index contributed by atoms with van der Waals surface area (Å²) in [5, 5.41) is 2.96. The summed E-state index contributed by atoms with van der Waals surface area (Å²) in [6.45, 7) is 5.48. The molecule has 1 aromatic rings. The maximum Gasteiger partial charge on any atom is 0.151 e. The fourth-order valence-corrected chi connectivity index (χ4v) is 1.92. The largest absolute Gasteiger partial charge is 0.379 e. The van der Waals surface area contributed by atoms with Crippen LogP contribution in [0.15, 0.2) is 12.1 Å². The first-order valence-electron chi connectivity index (χ1n) is 5.09. The van der Waals surface area contributed by atoms with Gasteiger partial charge in [-0.1, -0.05) is 0 Å². The van der Waals surface area contributed by atoms with Crippen LogP contribution in [0.5, 0.6) is 0 Å². The zero-order valence-corrected chi connectivity index (χ0v) is 8.85. The highest BCUT2D eigenvalue weighted by molar-refractivity contribution is 5.73. The molecule has 0 saturated heterocycles. The maximum absolute atomic E-state index is 13.4. The van der Waals surface area contributed by atoms with E-state index in [-0.39, 0.29) is 6.04 Å². The Morgan fingerprint density at radius 2 is 2.07 bits per heavy atom. The lowest BCUT2D eigenvalue weighted by Gasteiger charge is -2.35. The number of anilines is 2. The number of hydrogen-bond acceptors (Lipinski definition) is 2. The molecule has 0 aromatic heterocycles. The second kappa shape index (κ2) is 3.68. The smallest absolute Gasteiger partial charge is 0.151 e. The number of fused-ring (bicyclic) bond motifs is 1. The molecule has 0 saturated carbocycles. The minimum absolute atomic E-state index is 0.243. The van der Waals surface area contributed by atoms with Crippen LogP contribution in [0.25, 0.3) is 0 Å². The lowest BCUT2D eigenvalue weighted by molar-refractivity contribution is 0.576. The Labute approximate surface area is 87.9 Å². The number of hydrogen-bond donors (Lipinski definition) is 1. The molecule has 0 fully saturated rings. The van der Waals surface area contributed by atoms with Crippen molar-refractivity contribution < 1.29 is 8.78 Å². The van der Waals surface area contributed by atoms with E-state index >= 15 is 0 Å². The first kappa shape index (κ1) is 10.2. The molecular weight excluding hydrogens is 198 g/mol. The van der Waals surface area contributed by atoms with Crippen LogP contribution in [0.1, 0.15) is 13.8 Å². The van der Waals surface area contributed by atoms with Crippen LogP contribution >= 0.6 is 0 Å². The molecule has 15 heavy (non-hydrogen) atoms. The van der Waals surface area contributed by atoms with Gasteiger partial charge in [-0.3, -0.25) is 0 Å². The van der Waals surface area contributed by atoms with Gasteiger partial charge in [-0.25, -0.2) is 8.78 Å². The summed E-state index contributed by atoms with van der Waals surface area (Å²) in [6.07, 6.45) is 0. The Bertz CT molecular complexity index is 377. The highest BCUT2D eigenvalue weighted by Crippen LogP contribution is 2.33. The lowest BCUT2D eigenvalue weighted by Crippen LogP contribution is -2.39. The van der Waals surface area contributed by atoms with E-state index in [0.717, 1.165) is 12.6 Å². The number of benzene rings is 1. The Balaban J connectivity index is 2.50. The molecule has 2 rings (SSSR count). The van der Waals surface area contributed by atoms with Gasteiger partial charge in [0.1, 0.15) is 5.82 Å². The molecule has 1 aliphatic heterocycles. The van der Waals surface area contributed by atoms with Gasteiger partial charge in [0.2, 0.25) is 0 Å². The van der Waals surface area contributed by atoms with E-state index in [1.165, 1.54) is 6.07 Å². The summed E-state index contributed by atoms with van der Waals surface area (Å²) >= 11 is 0. The van der Waals surface area contributed by atoms with E-state index in [2.05, 4.69) is 5.32 Å². The van der Waals surface area contributed by atoms with Gasteiger partial charge in [0.15, 0.2) is 5.82 Å². The van der Waals surface area contributed by atoms with Gasteiger partial charge in [0.25, 0.3) is 0 Å². The third kappa shape index (κ3) is 1.76. The molecule has 0 spiro atoms. The van der Waals surface area contributed by atoms with Crippen LogP contribution in [0.4, 0.5) is 20.2 Å². The molecule has 0 bridgehead atoms. The first-order chi connectivity index (χ1) is 7.09. The molecule has 2 nitrogen and oxygen atoms in total. The van der Waals surface area contributed by atoms with E-state index in [4.69, 9.17) is 0 Å². The predicted octanol–water partition coefficient (Wildman–Crippen LogP) is 2.61. The highest BCUT2D eigenvalue weighted by Gasteiger charge is 2.22. The lowest BCUT2D eigenvalue weighted by atomic mass is 10.1. The predicted molar refractivity (Wildman–Crippen MR) is 57.3 cm³/mol. The van der Waals surface area contributed by atoms with Gasteiger partial charge < -0.3 is 10.2 Å². The van der Waals surface area contributed by atoms with E-state index < -0.39 is 11.6 Å². The quantitative estimate of drug-likeness (QED) is 0.769. The minimum Gasteiger partial charge on any atom is -0.379 e. The third-order valence-electron chi connectivity index (χ3n) is 2.62. The monoisotopic (exact) mass is 212 g/mol. The average Bonchev–Trinajstić information content (AvgIpc) is 2.16. The molecule has 1 aliphatic rings. The van der Waals surface area contributed by atoms with E-state index in [1.54, 1.807) is 0 Å². The van der Waals surface area contributed by atoms with Crippen LogP contribution < -0.4 is 10.2 Å². The Morgan fingerprint density at radius 1 is 1.33 bits per heavy atom. The molecule has 4 heteroatoms. The topological polar surface area (TPSA) is 15.3 Å². The van der Waals surface area contributed by atoms with Crippen LogP contribution in [0.2, 0.25) is 0 Å². The van der Waals surface area contributed by atoms with Crippen molar-refractivity contribution in [1.29, 1.82) is 0 Å². The van der Waals surface area contributed by atoms with Crippen LogP contribution in [0, 0.1) is 11.6 Å². The van der Waals surface area contributed by atoms with Crippen molar-refractivity contribution in [2.75, 3.05) is 23.3 Å². The van der Waals surface area contributed by atoms with E-state index in [1.807, 2.05) is 18.7 Å². The summed E-state index contributed by atoms with van der Waals surface area (Å²) in [5.41, 5.74) is 1.03. The Morgan fingerprint density at radius 3 is 2.73 bits per heavy atom. The molecule has 0 amide bonds. The maximum atomic E-state index is 13.4. The van der Waals surface area contributed by atoms with Crippen LogP contribution in [0.3, 0.4) is 0 Å². The molecule has 0 atom stereocenters. The minimum atomic E-state index is -0.527. The summed E-state index contributed by atoms with van der Waals surface area (Å²) in [5.74, 6) is -1.05. The highest BCUT2D eigenvalue weighted by atomic mass is 19.1. The second-order valence-electron chi connectivity index (χ2n) is 4.00. The molecule has 1 N–H and O–H groups in total. The fourth-order valence-electron chi connectivity index (χ4n) is 1.92. The van der Waals surface area contributed by atoms with Gasteiger partial charge in [-0.2, -0.15) is 0 Å². The Kier molecular flexibility index (Phi) is 2.50.